The van der Waals surface area contributed by atoms with Crippen molar-refractivity contribution in [3.8, 4) is 0 Å². The standard InChI is InChI=1S/C20H23N/c1-4-8-18(12-11-17-9-6-5-7-10-17)19-13-15-20(16-14-19)21(2)3/h4-7,9-16,18H,1,8H2,2-3H3. The van der Waals surface area contributed by atoms with Crippen molar-refractivity contribution in [3.05, 3.63) is 84.5 Å². The van der Waals surface area contributed by atoms with E-state index in [0.717, 1.165) is 6.42 Å². The van der Waals surface area contributed by atoms with Crippen LogP contribution in [0.3, 0.4) is 0 Å². The molecule has 21 heavy (non-hydrogen) atoms. The summed E-state index contributed by atoms with van der Waals surface area (Å²) in [6.07, 6.45) is 7.39. The number of hydrogen-bond acceptors (Lipinski definition) is 1. The summed E-state index contributed by atoms with van der Waals surface area (Å²) in [6, 6.07) is 19.2. The molecular weight excluding hydrogens is 254 g/mol. The van der Waals surface area contributed by atoms with Crippen LogP contribution in [0.15, 0.2) is 73.3 Å². The van der Waals surface area contributed by atoms with E-state index in [1.54, 1.807) is 0 Å². The Hall–Kier alpha value is -2.28. The quantitative estimate of drug-likeness (QED) is 0.662. The summed E-state index contributed by atoms with van der Waals surface area (Å²) in [4.78, 5) is 2.12. The molecule has 0 N–H and O–H groups in total. The average Bonchev–Trinajstić information content (AvgIpc) is 2.52. The molecule has 0 aliphatic rings. The Morgan fingerprint density at radius 2 is 1.67 bits per heavy atom. The van der Waals surface area contributed by atoms with Gasteiger partial charge in [-0.3, -0.25) is 0 Å². The molecule has 1 atom stereocenters. The third kappa shape index (κ3) is 4.35. The molecule has 0 heterocycles. The molecule has 1 nitrogen and oxygen atoms in total. The highest BCUT2D eigenvalue weighted by Crippen LogP contribution is 2.25. The zero-order valence-corrected chi connectivity index (χ0v) is 12.9. The van der Waals surface area contributed by atoms with Crippen molar-refractivity contribution in [2.75, 3.05) is 19.0 Å². The van der Waals surface area contributed by atoms with E-state index in [0.29, 0.717) is 5.92 Å². The topological polar surface area (TPSA) is 3.24 Å². The molecule has 0 bridgehead atoms. The molecule has 0 aliphatic carbocycles. The van der Waals surface area contributed by atoms with Gasteiger partial charge in [0, 0.05) is 25.7 Å². The van der Waals surface area contributed by atoms with Gasteiger partial charge in [0.1, 0.15) is 0 Å². The first kappa shape index (κ1) is 15.1. The summed E-state index contributed by atoms with van der Waals surface area (Å²) in [7, 11) is 4.12. The smallest absolute Gasteiger partial charge is 0.0361 e. The minimum Gasteiger partial charge on any atom is -0.378 e. The first-order valence-corrected chi connectivity index (χ1v) is 7.32. The molecule has 0 aliphatic heterocycles. The van der Waals surface area contributed by atoms with Gasteiger partial charge in [-0.1, -0.05) is 60.7 Å². The van der Waals surface area contributed by atoms with Crippen LogP contribution in [0.1, 0.15) is 23.5 Å². The van der Waals surface area contributed by atoms with Crippen LogP contribution in [0.2, 0.25) is 0 Å². The molecule has 0 amide bonds. The number of allylic oxidation sites excluding steroid dienone is 2. The van der Waals surface area contributed by atoms with Crippen LogP contribution in [0.4, 0.5) is 5.69 Å². The molecule has 0 spiro atoms. The normalized spacial score (nSPS) is 12.3. The molecule has 1 unspecified atom stereocenters. The van der Waals surface area contributed by atoms with E-state index in [9.17, 15) is 0 Å². The second-order valence-electron chi connectivity index (χ2n) is 5.39. The Kier molecular flexibility index (Phi) is 5.39. The third-order valence-electron chi connectivity index (χ3n) is 3.58. The Balaban J connectivity index is 2.18. The summed E-state index contributed by atoms with van der Waals surface area (Å²) < 4.78 is 0. The minimum absolute atomic E-state index is 0.374. The van der Waals surface area contributed by atoms with Gasteiger partial charge >= 0.3 is 0 Å². The van der Waals surface area contributed by atoms with Crippen molar-refractivity contribution in [1.29, 1.82) is 0 Å². The first-order chi connectivity index (χ1) is 10.2. The molecule has 108 valence electrons. The van der Waals surface area contributed by atoms with Crippen LogP contribution < -0.4 is 4.90 Å². The zero-order valence-electron chi connectivity index (χ0n) is 12.9. The van der Waals surface area contributed by atoms with Crippen molar-refractivity contribution in [3.63, 3.8) is 0 Å². The van der Waals surface area contributed by atoms with Crippen LogP contribution in [0.25, 0.3) is 6.08 Å². The van der Waals surface area contributed by atoms with E-state index in [1.807, 2.05) is 12.1 Å². The van der Waals surface area contributed by atoms with Crippen LogP contribution in [0.5, 0.6) is 0 Å². The van der Waals surface area contributed by atoms with Gasteiger partial charge in [0.15, 0.2) is 0 Å². The molecular formula is C20H23N. The van der Waals surface area contributed by atoms with Gasteiger partial charge < -0.3 is 4.90 Å². The Bertz CT molecular complexity index is 579. The monoisotopic (exact) mass is 277 g/mol. The maximum absolute atomic E-state index is 3.88. The summed E-state index contributed by atoms with van der Waals surface area (Å²) in [5.74, 6) is 0.374. The fourth-order valence-corrected chi connectivity index (χ4v) is 2.32. The lowest BCUT2D eigenvalue weighted by atomic mass is 9.94. The number of benzene rings is 2. The molecule has 1 heteroatoms. The summed E-state index contributed by atoms with van der Waals surface area (Å²) in [5, 5.41) is 0. The fourth-order valence-electron chi connectivity index (χ4n) is 2.32. The van der Waals surface area contributed by atoms with E-state index < -0.39 is 0 Å². The minimum atomic E-state index is 0.374. The summed E-state index contributed by atoms with van der Waals surface area (Å²) >= 11 is 0. The number of hydrogen-bond donors (Lipinski definition) is 0. The molecule has 0 fully saturated rings. The van der Waals surface area contributed by atoms with Crippen molar-refractivity contribution >= 4 is 11.8 Å². The number of nitrogens with zero attached hydrogens (tertiary/aromatic N) is 1. The summed E-state index contributed by atoms with van der Waals surface area (Å²) in [6.45, 7) is 3.88. The molecule has 2 aromatic rings. The Labute approximate surface area is 128 Å². The largest absolute Gasteiger partial charge is 0.378 e. The highest BCUT2D eigenvalue weighted by molar-refractivity contribution is 5.52. The van der Waals surface area contributed by atoms with E-state index >= 15 is 0 Å². The van der Waals surface area contributed by atoms with Crippen LogP contribution in [-0.2, 0) is 0 Å². The van der Waals surface area contributed by atoms with Crippen LogP contribution in [0, 0.1) is 0 Å². The molecule has 2 rings (SSSR count). The zero-order chi connectivity index (χ0) is 15.1. The van der Waals surface area contributed by atoms with Crippen LogP contribution >= 0.6 is 0 Å². The lowest BCUT2D eigenvalue weighted by molar-refractivity contribution is 0.868. The van der Waals surface area contributed by atoms with Gasteiger partial charge in [-0.2, -0.15) is 0 Å². The van der Waals surface area contributed by atoms with E-state index in [1.165, 1.54) is 16.8 Å². The number of rotatable bonds is 6. The van der Waals surface area contributed by atoms with Gasteiger partial charge in [-0.25, -0.2) is 0 Å². The van der Waals surface area contributed by atoms with Crippen molar-refractivity contribution in [1.82, 2.24) is 0 Å². The molecule has 0 aromatic heterocycles. The Morgan fingerprint density at radius 1 is 1.00 bits per heavy atom. The number of anilines is 1. The van der Waals surface area contributed by atoms with E-state index in [-0.39, 0.29) is 0 Å². The van der Waals surface area contributed by atoms with E-state index in [2.05, 4.69) is 86.3 Å². The predicted octanol–water partition coefficient (Wildman–Crippen LogP) is 5.13. The van der Waals surface area contributed by atoms with Crippen molar-refractivity contribution < 1.29 is 0 Å². The highest BCUT2D eigenvalue weighted by Gasteiger charge is 2.06. The first-order valence-electron chi connectivity index (χ1n) is 7.32. The molecule has 0 saturated heterocycles. The SMILES string of the molecule is C=CCC(C=Cc1ccccc1)c1ccc(N(C)C)cc1. The maximum Gasteiger partial charge on any atom is 0.0361 e. The lowest BCUT2D eigenvalue weighted by Gasteiger charge is -2.15. The van der Waals surface area contributed by atoms with Gasteiger partial charge in [0.2, 0.25) is 0 Å². The second kappa shape index (κ2) is 7.49. The van der Waals surface area contributed by atoms with Gasteiger partial charge in [0.05, 0.1) is 0 Å². The molecule has 2 aromatic carbocycles. The predicted molar refractivity (Wildman–Crippen MR) is 93.8 cm³/mol. The fraction of sp³-hybridized carbons (Fsp3) is 0.200. The van der Waals surface area contributed by atoms with E-state index in [4.69, 9.17) is 0 Å². The van der Waals surface area contributed by atoms with Crippen molar-refractivity contribution in [2.45, 2.75) is 12.3 Å². The third-order valence-corrected chi connectivity index (χ3v) is 3.58. The maximum atomic E-state index is 3.88. The van der Waals surface area contributed by atoms with Gasteiger partial charge in [-0.05, 0) is 29.7 Å². The second-order valence-corrected chi connectivity index (χ2v) is 5.39. The van der Waals surface area contributed by atoms with Crippen molar-refractivity contribution in [2.24, 2.45) is 0 Å². The highest BCUT2D eigenvalue weighted by atomic mass is 15.1. The Morgan fingerprint density at radius 3 is 2.24 bits per heavy atom. The average molecular weight is 277 g/mol. The molecule has 0 saturated carbocycles. The lowest BCUT2D eigenvalue weighted by Crippen LogP contribution is -2.08. The van der Waals surface area contributed by atoms with Gasteiger partial charge in [0.25, 0.3) is 0 Å². The summed E-state index contributed by atoms with van der Waals surface area (Å²) in [5.41, 5.74) is 3.78. The molecule has 0 radical (unpaired) electrons. The van der Waals surface area contributed by atoms with Gasteiger partial charge in [-0.15, -0.1) is 6.58 Å². The van der Waals surface area contributed by atoms with Crippen LogP contribution in [-0.4, -0.2) is 14.1 Å².